The first kappa shape index (κ1) is 9.68. The van der Waals surface area contributed by atoms with Crippen molar-refractivity contribution in [3.05, 3.63) is 0 Å². The number of rotatable bonds is 4. The highest BCUT2D eigenvalue weighted by Gasteiger charge is 2.27. The molecule has 0 saturated carbocycles. The highest BCUT2D eigenvalue weighted by molar-refractivity contribution is 5.82. The van der Waals surface area contributed by atoms with E-state index in [1.807, 2.05) is 13.8 Å². The minimum absolute atomic E-state index is 0.159. The van der Waals surface area contributed by atoms with Gasteiger partial charge in [-0.3, -0.25) is 9.69 Å². The summed E-state index contributed by atoms with van der Waals surface area (Å²) in [6.07, 6.45) is 0.352. The van der Waals surface area contributed by atoms with Gasteiger partial charge in [0.25, 0.3) is 0 Å². The molecule has 70 valence electrons. The third-order valence-electron chi connectivity index (χ3n) is 2.28. The Balaban J connectivity index is 2.14. The SMILES string of the molecule is COC1CN(CC(=O)C(C)C)C1. The van der Waals surface area contributed by atoms with Crippen molar-refractivity contribution in [2.24, 2.45) is 5.92 Å². The van der Waals surface area contributed by atoms with Gasteiger partial charge in [-0.2, -0.15) is 0 Å². The number of ketones is 1. The molecule has 3 heteroatoms. The summed E-state index contributed by atoms with van der Waals surface area (Å²) >= 11 is 0. The first-order valence-electron chi connectivity index (χ1n) is 4.41. The maximum Gasteiger partial charge on any atom is 0.149 e. The Bertz CT molecular complexity index is 162. The summed E-state index contributed by atoms with van der Waals surface area (Å²) in [5.74, 6) is 0.483. The minimum atomic E-state index is 0.159. The van der Waals surface area contributed by atoms with Gasteiger partial charge in [-0.15, -0.1) is 0 Å². The van der Waals surface area contributed by atoms with E-state index in [-0.39, 0.29) is 5.92 Å². The molecule has 0 aliphatic carbocycles. The lowest BCUT2D eigenvalue weighted by atomic mass is 10.1. The van der Waals surface area contributed by atoms with Crippen LogP contribution >= 0.6 is 0 Å². The highest BCUT2D eigenvalue weighted by atomic mass is 16.5. The summed E-state index contributed by atoms with van der Waals surface area (Å²) in [4.78, 5) is 13.4. The molecule has 1 fully saturated rings. The van der Waals surface area contributed by atoms with Crippen molar-refractivity contribution < 1.29 is 9.53 Å². The summed E-state index contributed by atoms with van der Waals surface area (Å²) in [6.45, 7) is 6.30. The Morgan fingerprint density at radius 1 is 1.58 bits per heavy atom. The standard InChI is InChI=1S/C9H17NO2/c1-7(2)9(11)6-10-4-8(5-10)12-3/h7-8H,4-6H2,1-3H3. The van der Waals surface area contributed by atoms with Crippen LogP contribution in [0.1, 0.15) is 13.8 Å². The first-order valence-corrected chi connectivity index (χ1v) is 4.41. The van der Waals surface area contributed by atoms with Crippen LogP contribution in [-0.2, 0) is 9.53 Å². The number of methoxy groups -OCH3 is 1. The monoisotopic (exact) mass is 171 g/mol. The first-order chi connectivity index (χ1) is 5.63. The van der Waals surface area contributed by atoms with Crippen molar-refractivity contribution in [2.45, 2.75) is 20.0 Å². The molecule has 1 heterocycles. The van der Waals surface area contributed by atoms with Gasteiger partial charge in [0.05, 0.1) is 12.6 Å². The summed E-state index contributed by atoms with van der Waals surface area (Å²) in [5.41, 5.74) is 0. The zero-order valence-corrected chi connectivity index (χ0v) is 8.04. The second-order valence-electron chi connectivity index (χ2n) is 3.67. The van der Waals surface area contributed by atoms with Crippen molar-refractivity contribution in [3.63, 3.8) is 0 Å². The Labute approximate surface area is 73.7 Å². The van der Waals surface area contributed by atoms with E-state index < -0.39 is 0 Å². The third kappa shape index (κ3) is 2.29. The fourth-order valence-corrected chi connectivity index (χ4v) is 1.20. The zero-order chi connectivity index (χ0) is 9.14. The van der Waals surface area contributed by atoms with Crippen LogP contribution in [0.5, 0.6) is 0 Å². The van der Waals surface area contributed by atoms with Gasteiger partial charge in [0.15, 0.2) is 0 Å². The van der Waals surface area contributed by atoms with Crippen LogP contribution in [0.4, 0.5) is 0 Å². The topological polar surface area (TPSA) is 29.5 Å². The number of carbonyl (C=O) groups is 1. The van der Waals surface area contributed by atoms with Crippen LogP contribution in [0, 0.1) is 5.92 Å². The van der Waals surface area contributed by atoms with E-state index >= 15 is 0 Å². The molecule has 1 aliphatic heterocycles. The van der Waals surface area contributed by atoms with Crippen molar-refractivity contribution >= 4 is 5.78 Å². The Morgan fingerprint density at radius 3 is 2.58 bits per heavy atom. The summed E-state index contributed by atoms with van der Waals surface area (Å²) in [7, 11) is 1.71. The second-order valence-corrected chi connectivity index (χ2v) is 3.67. The van der Waals surface area contributed by atoms with E-state index in [4.69, 9.17) is 4.74 Å². The number of Topliss-reactive ketones (excluding diaryl/α,β-unsaturated/α-hetero) is 1. The normalized spacial score (nSPS) is 19.7. The van der Waals surface area contributed by atoms with E-state index in [0.29, 0.717) is 18.4 Å². The van der Waals surface area contributed by atoms with E-state index in [1.165, 1.54) is 0 Å². The molecule has 0 aromatic carbocycles. The van der Waals surface area contributed by atoms with E-state index in [0.717, 1.165) is 13.1 Å². The number of nitrogens with zero attached hydrogens (tertiary/aromatic N) is 1. The van der Waals surface area contributed by atoms with Crippen molar-refractivity contribution in [3.8, 4) is 0 Å². The van der Waals surface area contributed by atoms with Gasteiger partial charge >= 0.3 is 0 Å². The van der Waals surface area contributed by atoms with E-state index in [9.17, 15) is 4.79 Å². The number of hydrogen-bond acceptors (Lipinski definition) is 3. The minimum Gasteiger partial charge on any atom is -0.379 e. The molecule has 1 rings (SSSR count). The van der Waals surface area contributed by atoms with Crippen molar-refractivity contribution in [1.82, 2.24) is 4.90 Å². The van der Waals surface area contributed by atoms with Crippen LogP contribution in [0.3, 0.4) is 0 Å². The smallest absolute Gasteiger partial charge is 0.149 e. The molecular formula is C9H17NO2. The van der Waals surface area contributed by atoms with Crippen LogP contribution in [0.15, 0.2) is 0 Å². The maximum absolute atomic E-state index is 11.3. The lowest BCUT2D eigenvalue weighted by molar-refractivity contribution is -0.126. The fraction of sp³-hybridized carbons (Fsp3) is 0.889. The molecule has 0 N–H and O–H groups in total. The lowest BCUT2D eigenvalue weighted by Gasteiger charge is -2.37. The Kier molecular flexibility index (Phi) is 3.23. The molecule has 0 spiro atoms. The lowest BCUT2D eigenvalue weighted by Crippen LogP contribution is -2.53. The van der Waals surface area contributed by atoms with Gasteiger partial charge in [-0.05, 0) is 0 Å². The maximum atomic E-state index is 11.3. The Morgan fingerprint density at radius 2 is 2.17 bits per heavy atom. The molecule has 0 atom stereocenters. The van der Waals surface area contributed by atoms with Crippen molar-refractivity contribution in [1.29, 1.82) is 0 Å². The molecule has 3 nitrogen and oxygen atoms in total. The Hall–Kier alpha value is -0.410. The van der Waals surface area contributed by atoms with Gasteiger partial charge in [-0.1, -0.05) is 13.8 Å². The third-order valence-corrected chi connectivity index (χ3v) is 2.28. The number of carbonyl (C=O) groups excluding carboxylic acids is 1. The number of ether oxygens (including phenoxy) is 1. The molecule has 0 amide bonds. The van der Waals surface area contributed by atoms with Gasteiger partial charge < -0.3 is 4.74 Å². The van der Waals surface area contributed by atoms with E-state index in [1.54, 1.807) is 7.11 Å². The van der Waals surface area contributed by atoms with Gasteiger partial charge in [0, 0.05) is 26.1 Å². The molecule has 0 bridgehead atoms. The average molecular weight is 171 g/mol. The van der Waals surface area contributed by atoms with E-state index in [2.05, 4.69) is 4.90 Å². The summed E-state index contributed by atoms with van der Waals surface area (Å²) in [5, 5.41) is 0. The quantitative estimate of drug-likeness (QED) is 0.618. The highest BCUT2D eigenvalue weighted by Crippen LogP contribution is 2.11. The largest absolute Gasteiger partial charge is 0.379 e. The molecule has 0 aromatic rings. The molecule has 1 aliphatic rings. The fourth-order valence-electron chi connectivity index (χ4n) is 1.20. The predicted molar refractivity (Wildman–Crippen MR) is 47.1 cm³/mol. The molecule has 0 radical (unpaired) electrons. The van der Waals surface area contributed by atoms with Crippen LogP contribution in [0.25, 0.3) is 0 Å². The molecule has 0 unspecified atom stereocenters. The molecular weight excluding hydrogens is 154 g/mol. The molecule has 0 aromatic heterocycles. The van der Waals surface area contributed by atoms with Crippen LogP contribution < -0.4 is 0 Å². The summed E-state index contributed by atoms with van der Waals surface area (Å²) in [6, 6.07) is 0. The van der Waals surface area contributed by atoms with Gasteiger partial charge in [-0.25, -0.2) is 0 Å². The molecule has 1 saturated heterocycles. The van der Waals surface area contributed by atoms with Crippen LogP contribution in [0.2, 0.25) is 0 Å². The zero-order valence-electron chi connectivity index (χ0n) is 8.04. The predicted octanol–water partition coefficient (Wildman–Crippen LogP) is 0.542. The number of likely N-dealkylation sites (tertiary alicyclic amines) is 1. The number of hydrogen-bond donors (Lipinski definition) is 0. The van der Waals surface area contributed by atoms with Gasteiger partial charge in [0.1, 0.15) is 5.78 Å². The summed E-state index contributed by atoms with van der Waals surface area (Å²) < 4.78 is 5.11. The second kappa shape index (κ2) is 4.01. The average Bonchev–Trinajstić information content (AvgIpc) is 1.94. The molecule has 12 heavy (non-hydrogen) atoms. The van der Waals surface area contributed by atoms with Crippen LogP contribution in [-0.4, -0.2) is 43.5 Å². The van der Waals surface area contributed by atoms with Gasteiger partial charge in [0.2, 0.25) is 0 Å². The van der Waals surface area contributed by atoms with Crippen molar-refractivity contribution in [2.75, 3.05) is 26.7 Å².